The van der Waals surface area contributed by atoms with E-state index in [0.29, 0.717) is 24.2 Å². The van der Waals surface area contributed by atoms with Crippen LogP contribution in [0.1, 0.15) is 33.2 Å². The number of amides is 1. The third-order valence-electron chi connectivity index (χ3n) is 3.82. The van der Waals surface area contributed by atoms with E-state index < -0.39 is 5.97 Å². The second-order valence-corrected chi connectivity index (χ2v) is 5.15. The number of ether oxygens (including phenoxy) is 1. The molecule has 0 aliphatic carbocycles. The van der Waals surface area contributed by atoms with Crippen molar-refractivity contribution in [3.8, 4) is 0 Å². The van der Waals surface area contributed by atoms with E-state index >= 15 is 0 Å². The first-order valence-corrected chi connectivity index (χ1v) is 7.02. The molecule has 0 N–H and O–H groups in total. The Morgan fingerprint density at radius 1 is 1.23 bits per heavy atom. The van der Waals surface area contributed by atoms with Crippen LogP contribution in [0, 0.1) is 0 Å². The molecule has 1 aliphatic rings. The second-order valence-electron chi connectivity index (χ2n) is 5.15. The topological polar surface area (TPSA) is 77.3 Å². The first-order chi connectivity index (χ1) is 10.7. The molecule has 0 radical (unpaired) electrons. The van der Waals surface area contributed by atoms with Gasteiger partial charge in [0.1, 0.15) is 0 Å². The number of likely N-dealkylation sites (tertiary alicyclic amines) is 1. The Morgan fingerprint density at radius 2 is 1.95 bits per heavy atom. The number of esters is 1. The van der Waals surface area contributed by atoms with Gasteiger partial charge in [-0.15, -0.1) is 5.10 Å². The van der Waals surface area contributed by atoms with Gasteiger partial charge in [-0.2, -0.15) is 0 Å². The van der Waals surface area contributed by atoms with Gasteiger partial charge in [-0.3, -0.25) is 4.79 Å². The predicted octanol–water partition coefficient (Wildman–Crippen LogP) is 1.15. The van der Waals surface area contributed by atoms with E-state index in [-0.39, 0.29) is 11.9 Å². The minimum Gasteiger partial charge on any atom is -0.465 e. The van der Waals surface area contributed by atoms with Crippen molar-refractivity contribution < 1.29 is 14.3 Å². The van der Waals surface area contributed by atoms with Crippen molar-refractivity contribution in [2.75, 3.05) is 20.2 Å². The molecule has 0 spiro atoms. The van der Waals surface area contributed by atoms with Gasteiger partial charge in [0.25, 0.3) is 5.91 Å². The molecule has 2 heterocycles. The summed E-state index contributed by atoms with van der Waals surface area (Å²) >= 11 is 0. The van der Waals surface area contributed by atoms with E-state index in [9.17, 15) is 9.59 Å². The van der Waals surface area contributed by atoms with Gasteiger partial charge in [-0.25, -0.2) is 9.48 Å². The number of benzene rings is 1. The lowest BCUT2D eigenvalue weighted by Gasteiger charge is -2.16. The number of carbonyl (C=O) groups excluding carboxylic acids is 2. The van der Waals surface area contributed by atoms with E-state index in [4.69, 9.17) is 0 Å². The molecular formula is C15H16N4O3. The van der Waals surface area contributed by atoms with Gasteiger partial charge >= 0.3 is 5.97 Å². The van der Waals surface area contributed by atoms with Crippen LogP contribution in [-0.4, -0.2) is 52.0 Å². The molecule has 1 aromatic heterocycles. The minimum absolute atomic E-state index is 0.0426. The maximum Gasteiger partial charge on any atom is 0.337 e. The molecule has 1 saturated heterocycles. The molecular weight excluding hydrogens is 284 g/mol. The smallest absolute Gasteiger partial charge is 0.337 e. The summed E-state index contributed by atoms with van der Waals surface area (Å²) < 4.78 is 6.43. The van der Waals surface area contributed by atoms with Crippen molar-refractivity contribution in [2.24, 2.45) is 0 Å². The Morgan fingerprint density at radius 3 is 2.59 bits per heavy atom. The van der Waals surface area contributed by atoms with Crippen molar-refractivity contribution in [1.82, 2.24) is 19.9 Å². The first-order valence-electron chi connectivity index (χ1n) is 7.02. The van der Waals surface area contributed by atoms with Crippen molar-refractivity contribution in [2.45, 2.75) is 12.5 Å². The van der Waals surface area contributed by atoms with E-state index in [1.807, 2.05) is 6.20 Å². The lowest BCUT2D eigenvalue weighted by Crippen LogP contribution is -2.29. The Hall–Kier alpha value is -2.70. The Kier molecular flexibility index (Phi) is 3.86. The zero-order valence-electron chi connectivity index (χ0n) is 12.2. The molecule has 114 valence electrons. The monoisotopic (exact) mass is 300 g/mol. The molecule has 0 bridgehead atoms. The largest absolute Gasteiger partial charge is 0.465 e. The minimum atomic E-state index is -0.411. The SMILES string of the molecule is COC(=O)c1ccc(C(=O)N2CC[C@H](n3ccnn3)C2)cc1. The maximum absolute atomic E-state index is 12.5. The van der Waals surface area contributed by atoms with Gasteiger partial charge in [-0.1, -0.05) is 5.21 Å². The molecule has 7 heteroatoms. The fourth-order valence-corrected chi connectivity index (χ4v) is 2.60. The zero-order valence-corrected chi connectivity index (χ0v) is 12.2. The fraction of sp³-hybridized carbons (Fsp3) is 0.333. The lowest BCUT2D eigenvalue weighted by atomic mass is 10.1. The number of aromatic nitrogens is 3. The summed E-state index contributed by atoms with van der Waals surface area (Å²) in [6.45, 7) is 1.29. The highest BCUT2D eigenvalue weighted by Gasteiger charge is 2.28. The van der Waals surface area contributed by atoms with Crippen LogP contribution in [0.2, 0.25) is 0 Å². The number of rotatable bonds is 3. The summed E-state index contributed by atoms with van der Waals surface area (Å²) in [5.41, 5.74) is 0.993. The Labute approximate surface area is 127 Å². The third-order valence-corrected chi connectivity index (χ3v) is 3.82. The van der Waals surface area contributed by atoms with Crippen molar-refractivity contribution in [3.05, 3.63) is 47.8 Å². The van der Waals surface area contributed by atoms with E-state index in [2.05, 4.69) is 15.0 Å². The Balaban J connectivity index is 1.68. The highest BCUT2D eigenvalue weighted by Crippen LogP contribution is 2.22. The number of carbonyl (C=O) groups is 2. The summed E-state index contributed by atoms with van der Waals surface area (Å²) in [4.78, 5) is 25.7. The molecule has 0 saturated carbocycles. The highest BCUT2D eigenvalue weighted by atomic mass is 16.5. The van der Waals surface area contributed by atoms with Crippen LogP contribution in [0.25, 0.3) is 0 Å². The molecule has 1 atom stereocenters. The molecule has 22 heavy (non-hydrogen) atoms. The second kappa shape index (κ2) is 5.97. The third kappa shape index (κ3) is 2.69. The van der Waals surface area contributed by atoms with Crippen molar-refractivity contribution >= 4 is 11.9 Å². The van der Waals surface area contributed by atoms with E-state index in [0.717, 1.165) is 6.42 Å². The summed E-state index contributed by atoms with van der Waals surface area (Å²) in [6, 6.07) is 6.67. The standard InChI is InChI=1S/C15H16N4O3/c1-22-15(21)12-4-2-11(3-5-12)14(20)18-8-6-13(10-18)19-9-7-16-17-19/h2-5,7,9,13H,6,8,10H2,1H3/t13-/m0/s1. The fourth-order valence-electron chi connectivity index (χ4n) is 2.60. The van der Waals surface area contributed by atoms with Crippen molar-refractivity contribution in [1.29, 1.82) is 0 Å². The summed E-state index contributed by atoms with van der Waals surface area (Å²) in [5.74, 6) is -0.453. The average Bonchev–Trinajstić information content (AvgIpc) is 3.24. The molecule has 1 aliphatic heterocycles. The van der Waals surface area contributed by atoms with Gasteiger partial charge in [0, 0.05) is 24.8 Å². The van der Waals surface area contributed by atoms with Crippen LogP contribution in [0.3, 0.4) is 0 Å². The number of nitrogens with zero attached hydrogens (tertiary/aromatic N) is 4. The number of methoxy groups -OCH3 is 1. The van der Waals surface area contributed by atoms with E-state index in [1.54, 1.807) is 40.0 Å². The van der Waals surface area contributed by atoms with Crippen LogP contribution >= 0.6 is 0 Å². The molecule has 1 aromatic carbocycles. The first kappa shape index (κ1) is 14.2. The summed E-state index contributed by atoms with van der Waals surface area (Å²) in [5, 5.41) is 7.78. The average molecular weight is 300 g/mol. The van der Waals surface area contributed by atoms with Gasteiger partial charge in [0.05, 0.1) is 24.9 Å². The van der Waals surface area contributed by atoms with Gasteiger partial charge in [0.15, 0.2) is 0 Å². The molecule has 1 fully saturated rings. The zero-order chi connectivity index (χ0) is 15.5. The molecule has 7 nitrogen and oxygen atoms in total. The highest BCUT2D eigenvalue weighted by molar-refractivity contribution is 5.96. The van der Waals surface area contributed by atoms with Crippen LogP contribution in [0.15, 0.2) is 36.7 Å². The van der Waals surface area contributed by atoms with Crippen molar-refractivity contribution in [3.63, 3.8) is 0 Å². The van der Waals surface area contributed by atoms with Crippen LogP contribution in [0.5, 0.6) is 0 Å². The predicted molar refractivity (Wildman–Crippen MR) is 77.4 cm³/mol. The van der Waals surface area contributed by atoms with Crippen LogP contribution in [-0.2, 0) is 4.74 Å². The van der Waals surface area contributed by atoms with Gasteiger partial charge < -0.3 is 9.64 Å². The van der Waals surface area contributed by atoms with E-state index in [1.165, 1.54) is 7.11 Å². The normalized spacial score (nSPS) is 17.5. The summed E-state index contributed by atoms with van der Waals surface area (Å²) in [6.07, 6.45) is 4.30. The molecule has 3 rings (SSSR count). The van der Waals surface area contributed by atoms with Crippen LogP contribution < -0.4 is 0 Å². The maximum atomic E-state index is 12.5. The number of hydrogen-bond acceptors (Lipinski definition) is 5. The molecule has 0 unspecified atom stereocenters. The lowest BCUT2D eigenvalue weighted by molar-refractivity contribution is 0.0600. The van der Waals surface area contributed by atoms with Gasteiger partial charge in [0.2, 0.25) is 0 Å². The number of hydrogen-bond donors (Lipinski definition) is 0. The quantitative estimate of drug-likeness (QED) is 0.795. The summed E-state index contributed by atoms with van der Waals surface area (Å²) in [7, 11) is 1.33. The van der Waals surface area contributed by atoms with Gasteiger partial charge in [-0.05, 0) is 30.7 Å². The Bertz CT molecular complexity index is 667. The molecule has 1 amide bonds. The van der Waals surface area contributed by atoms with Crippen LogP contribution in [0.4, 0.5) is 0 Å². The molecule has 2 aromatic rings.